The van der Waals surface area contributed by atoms with Crippen LogP contribution in [0.3, 0.4) is 0 Å². The Morgan fingerprint density at radius 1 is 1.43 bits per heavy atom. The highest BCUT2D eigenvalue weighted by atomic mass is 32.1. The van der Waals surface area contributed by atoms with E-state index in [0.717, 1.165) is 30.6 Å². The third-order valence-corrected chi connectivity index (χ3v) is 3.70. The van der Waals surface area contributed by atoms with Crippen molar-refractivity contribution in [2.24, 2.45) is 11.7 Å². The minimum atomic E-state index is -4.60. The highest BCUT2D eigenvalue weighted by Crippen LogP contribution is 2.27. The van der Waals surface area contributed by atoms with Crippen molar-refractivity contribution < 1.29 is 13.2 Å². The predicted molar refractivity (Wildman–Crippen MR) is 76.3 cm³/mol. The smallest absolute Gasteiger partial charge is 0.393 e. The van der Waals surface area contributed by atoms with Gasteiger partial charge in [-0.3, -0.25) is 4.79 Å². The number of thiocarbonyl (C=S) groups is 1. The molecule has 1 atom stereocenters. The Labute approximate surface area is 124 Å². The summed E-state index contributed by atoms with van der Waals surface area (Å²) in [5.41, 5.74) is 5.15. The van der Waals surface area contributed by atoms with Gasteiger partial charge >= 0.3 is 6.18 Å². The Morgan fingerprint density at radius 2 is 2.05 bits per heavy atom. The van der Waals surface area contributed by atoms with E-state index in [9.17, 15) is 18.0 Å². The van der Waals surface area contributed by atoms with Crippen LogP contribution in [-0.2, 0) is 6.54 Å². The molecule has 0 aromatic carbocycles. The summed E-state index contributed by atoms with van der Waals surface area (Å²) < 4.78 is 39.1. The van der Waals surface area contributed by atoms with E-state index in [4.69, 9.17) is 5.73 Å². The van der Waals surface area contributed by atoms with E-state index in [1.165, 1.54) is 12.3 Å². The van der Waals surface area contributed by atoms with Gasteiger partial charge in [-0.25, -0.2) is 4.68 Å². The molecule has 1 unspecified atom stereocenters. The number of anilines is 1. The molecular formula is C12H15F3N4OS. The highest BCUT2D eigenvalue weighted by molar-refractivity contribution is 7.80. The molecule has 1 aliphatic heterocycles. The third-order valence-electron chi connectivity index (χ3n) is 3.42. The van der Waals surface area contributed by atoms with Gasteiger partial charge in [0.15, 0.2) is 0 Å². The average molecular weight is 320 g/mol. The molecule has 2 N–H and O–H groups in total. The maximum absolute atomic E-state index is 12.8. The third kappa shape index (κ3) is 3.72. The van der Waals surface area contributed by atoms with Crippen molar-refractivity contribution in [1.82, 2.24) is 9.78 Å². The molecule has 0 radical (unpaired) electrons. The number of aromatic nitrogens is 2. The number of hydrogen-bond acceptors (Lipinski definition) is 4. The Morgan fingerprint density at radius 3 is 2.52 bits per heavy atom. The van der Waals surface area contributed by atoms with Crippen molar-refractivity contribution in [2.75, 3.05) is 18.0 Å². The second kappa shape index (κ2) is 6.00. The van der Waals surface area contributed by atoms with E-state index >= 15 is 0 Å². The van der Waals surface area contributed by atoms with Crippen LogP contribution in [0.15, 0.2) is 17.1 Å². The summed E-state index contributed by atoms with van der Waals surface area (Å²) >= 11 is 4.43. The molecule has 0 amide bonds. The maximum Gasteiger partial charge on any atom is 0.399 e. The van der Waals surface area contributed by atoms with Crippen molar-refractivity contribution in [3.63, 3.8) is 0 Å². The first kappa shape index (κ1) is 15.7. The van der Waals surface area contributed by atoms with E-state index in [0.29, 0.717) is 5.69 Å². The number of rotatable bonds is 4. The van der Waals surface area contributed by atoms with Gasteiger partial charge in [0.1, 0.15) is 5.92 Å². The van der Waals surface area contributed by atoms with Crippen molar-refractivity contribution in [3.05, 3.63) is 22.6 Å². The average Bonchev–Trinajstić information content (AvgIpc) is 2.89. The van der Waals surface area contributed by atoms with Crippen molar-refractivity contribution >= 4 is 22.9 Å². The van der Waals surface area contributed by atoms with E-state index in [-0.39, 0.29) is 0 Å². The van der Waals surface area contributed by atoms with Crippen LogP contribution in [0.25, 0.3) is 0 Å². The highest BCUT2D eigenvalue weighted by Gasteiger charge is 2.42. The van der Waals surface area contributed by atoms with Gasteiger partial charge < -0.3 is 10.6 Å². The molecule has 1 aromatic rings. The molecule has 1 fully saturated rings. The van der Waals surface area contributed by atoms with Crippen molar-refractivity contribution in [2.45, 2.75) is 25.6 Å². The summed E-state index contributed by atoms with van der Waals surface area (Å²) in [4.78, 5) is 13.2. The van der Waals surface area contributed by atoms with Crippen LogP contribution in [0.5, 0.6) is 0 Å². The molecule has 0 aliphatic carbocycles. The molecule has 2 rings (SSSR count). The molecule has 2 heterocycles. The summed E-state index contributed by atoms with van der Waals surface area (Å²) in [7, 11) is 0. The molecule has 0 spiro atoms. The summed E-state index contributed by atoms with van der Waals surface area (Å²) in [6.45, 7) is 0.949. The van der Waals surface area contributed by atoms with E-state index < -0.39 is 29.2 Å². The molecule has 21 heavy (non-hydrogen) atoms. The maximum atomic E-state index is 12.8. The minimum absolute atomic E-state index is 0.593. The topological polar surface area (TPSA) is 64.2 Å². The zero-order valence-electron chi connectivity index (χ0n) is 11.1. The largest absolute Gasteiger partial charge is 0.399 e. The second-order valence-corrected chi connectivity index (χ2v) is 5.40. The van der Waals surface area contributed by atoms with Crippen molar-refractivity contribution in [1.29, 1.82) is 0 Å². The lowest BCUT2D eigenvalue weighted by molar-refractivity contribution is -0.158. The van der Waals surface area contributed by atoms with E-state index in [2.05, 4.69) is 17.3 Å². The fourth-order valence-corrected chi connectivity index (χ4v) is 2.45. The van der Waals surface area contributed by atoms with E-state index in [1.54, 1.807) is 0 Å². The molecule has 116 valence electrons. The van der Waals surface area contributed by atoms with Crippen LogP contribution in [0.2, 0.25) is 0 Å². The van der Waals surface area contributed by atoms with Gasteiger partial charge in [-0.05, 0) is 12.8 Å². The molecule has 5 nitrogen and oxygen atoms in total. The van der Waals surface area contributed by atoms with Crippen LogP contribution in [0.1, 0.15) is 12.8 Å². The number of halogens is 3. The Hall–Kier alpha value is -1.64. The molecule has 1 saturated heterocycles. The van der Waals surface area contributed by atoms with Crippen LogP contribution < -0.4 is 16.2 Å². The summed E-state index contributed by atoms with van der Waals surface area (Å²) in [6, 6.07) is 1.30. The zero-order chi connectivity index (χ0) is 15.6. The van der Waals surface area contributed by atoms with Crippen LogP contribution in [-0.4, -0.2) is 34.0 Å². The molecule has 0 bridgehead atoms. The number of nitrogens with zero attached hydrogens (tertiary/aromatic N) is 3. The number of nitrogens with two attached hydrogens (primary N) is 1. The van der Waals surface area contributed by atoms with Crippen molar-refractivity contribution in [3.8, 4) is 0 Å². The Balaban J connectivity index is 2.21. The summed E-state index contributed by atoms with van der Waals surface area (Å²) in [6.07, 6.45) is -1.14. The van der Waals surface area contributed by atoms with E-state index in [1.807, 2.05) is 4.90 Å². The number of hydrogen-bond donors (Lipinski definition) is 1. The van der Waals surface area contributed by atoms with Gasteiger partial charge in [0, 0.05) is 19.2 Å². The first-order chi connectivity index (χ1) is 9.79. The van der Waals surface area contributed by atoms with Crippen LogP contribution >= 0.6 is 12.2 Å². The fourth-order valence-electron chi connectivity index (χ4n) is 2.24. The van der Waals surface area contributed by atoms with Gasteiger partial charge in [-0.1, -0.05) is 12.2 Å². The van der Waals surface area contributed by atoms with Gasteiger partial charge in [-0.2, -0.15) is 18.3 Å². The zero-order valence-corrected chi connectivity index (χ0v) is 12.0. The molecule has 1 aromatic heterocycles. The summed E-state index contributed by atoms with van der Waals surface area (Å²) in [5, 5.41) is 3.81. The lowest BCUT2D eigenvalue weighted by Gasteiger charge is -2.20. The SMILES string of the molecule is NC(=S)C(Cn1ncc(N2CCCC2)cc1=O)C(F)(F)F. The fraction of sp³-hybridized carbons (Fsp3) is 0.583. The Kier molecular flexibility index (Phi) is 4.50. The van der Waals surface area contributed by atoms with Gasteiger partial charge in [0.05, 0.1) is 23.4 Å². The van der Waals surface area contributed by atoms with Gasteiger partial charge in [-0.15, -0.1) is 0 Å². The quantitative estimate of drug-likeness (QED) is 0.848. The normalized spacial score (nSPS) is 17.0. The first-order valence-corrected chi connectivity index (χ1v) is 6.88. The number of alkyl halides is 3. The monoisotopic (exact) mass is 320 g/mol. The minimum Gasteiger partial charge on any atom is -0.393 e. The molecular weight excluding hydrogens is 305 g/mol. The predicted octanol–water partition coefficient (Wildman–Crippen LogP) is 1.31. The molecule has 1 aliphatic rings. The standard InChI is InChI=1S/C12H15F3N4OS/c13-12(14,15)9(11(16)21)7-19-10(20)5-8(6-17-19)18-3-1-2-4-18/h5-6,9H,1-4,7H2,(H2,16,21). The lowest BCUT2D eigenvalue weighted by atomic mass is 10.1. The van der Waals surface area contributed by atoms with Gasteiger partial charge in [0.2, 0.25) is 0 Å². The van der Waals surface area contributed by atoms with Crippen LogP contribution in [0.4, 0.5) is 18.9 Å². The van der Waals surface area contributed by atoms with Crippen LogP contribution in [0, 0.1) is 5.92 Å². The van der Waals surface area contributed by atoms with Gasteiger partial charge in [0.25, 0.3) is 5.56 Å². The Bertz CT molecular complexity index is 581. The molecule has 0 saturated carbocycles. The second-order valence-electron chi connectivity index (χ2n) is 4.92. The summed E-state index contributed by atoms with van der Waals surface area (Å²) in [5.74, 6) is -2.06. The molecule has 9 heteroatoms. The lowest BCUT2D eigenvalue weighted by Crippen LogP contribution is -2.40. The first-order valence-electron chi connectivity index (χ1n) is 6.47.